The van der Waals surface area contributed by atoms with Gasteiger partial charge in [0, 0.05) is 18.0 Å². The third-order valence-electron chi connectivity index (χ3n) is 5.82. The summed E-state index contributed by atoms with van der Waals surface area (Å²) in [6.45, 7) is 8.98. The van der Waals surface area contributed by atoms with Crippen LogP contribution in [0.2, 0.25) is 0 Å². The molecule has 5 nitrogen and oxygen atoms in total. The lowest BCUT2D eigenvalue weighted by Crippen LogP contribution is -2.66. The summed E-state index contributed by atoms with van der Waals surface area (Å²) in [6.07, 6.45) is 4.56. The van der Waals surface area contributed by atoms with Crippen molar-refractivity contribution >= 4 is 17.0 Å². The minimum Gasteiger partial charge on any atom is -0.498 e. The second-order valence-electron chi connectivity index (χ2n) is 8.61. The minimum atomic E-state index is -1.02. The van der Waals surface area contributed by atoms with Gasteiger partial charge in [0.15, 0.2) is 6.10 Å². The normalized spacial score (nSPS) is 22.9. The minimum absolute atomic E-state index is 0.0709. The summed E-state index contributed by atoms with van der Waals surface area (Å²) >= 11 is 0. The number of aromatic nitrogens is 1. The van der Waals surface area contributed by atoms with Crippen LogP contribution in [-0.4, -0.2) is 40.3 Å². The van der Waals surface area contributed by atoms with Gasteiger partial charge >= 0.3 is 0 Å². The number of quaternary nitrogens is 1. The molecule has 3 rings (SSSR count). The van der Waals surface area contributed by atoms with E-state index in [2.05, 4.69) is 30.1 Å². The van der Waals surface area contributed by atoms with Gasteiger partial charge < -0.3 is 14.6 Å². The Bertz CT molecular complexity index is 828. The molecular weight excluding hydrogens is 340 g/mol. The molecule has 0 aliphatic carbocycles. The smallest absolute Gasteiger partial charge is 0.257 e. The molecule has 2 atom stereocenters. The highest BCUT2D eigenvalue weighted by molar-refractivity contribution is 5.85. The van der Waals surface area contributed by atoms with Crippen LogP contribution in [0.1, 0.15) is 52.5 Å². The largest absolute Gasteiger partial charge is 0.498 e. The van der Waals surface area contributed by atoms with Crippen molar-refractivity contribution in [3.8, 4) is 5.75 Å². The van der Waals surface area contributed by atoms with Crippen molar-refractivity contribution in [2.75, 3.05) is 13.1 Å². The quantitative estimate of drug-likeness (QED) is 0.753. The molecule has 1 aliphatic heterocycles. The Morgan fingerprint density at radius 3 is 2.78 bits per heavy atom. The first kappa shape index (κ1) is 19.6. The fraction of sp³-hybridized carbons (Fsp3) is 0.545. The molecular formula is C22H30N2O3. The maximum absolute atomic E-state index is 11.9. The van der Waals surface area contributed by atoms with E-state index < -0.39 is 11.6 Å². The van der Waals surface area contributed by atoms with Crippen molar-refractivity contribution in [2.24, 2.45) is 0 Å². The average Bonchev–Trinajstić information content (AvgIpc) is 3.05. The van der Waals surface area contributed by atoms with Gasteiger partial charge in [-0.15, -0.1) is 0 Å². The number of benzene rings is 1. The van der Waals surface area contributed by atoms with Gasteiger partial charge in [0.05, 0.1) is 12.1 Å². The van der Waals surface area contributed by atoms with Gasteiger partial charge in [-0.2, -0.15) is 0 Å². The zero-order chi connectivity index (χ0) is 19.7. The number of aryl methyl sites for hydroxylation is 1. The van der Waals surface area contributed by atoms with Crippen LogP contribution in [0.5, 0.6) is 5.75 Å². The maximum atomic E-state index is 11.9. The first-order valence-electron chi connectivity index (χ1n) is 9.90. The Balaban J connectivity index is 1.89. The number of fused-ring (bicyclic) bond motifs is 1. The lowest BCUT2D eigenvalue weighted by atomic mass is 10.0. The highest BCUT2D eigenvalue weighted by Crippen LogP contribution is 2.34. The van der Waals surface area contributed by atoms with Crippen LogP contribution in [0.3, 0.4) is 0 Å². The van der Waals surface area contributed by atoms with E-state index in [1.807, 2.05) is 26.8 Å². The number of likely N-dealkylation sites (tertiary alicyclic amines) is 1. The number of ether oxygens (including phenoxy) is 1. The number of carbonyl (C=O) groups excluding carboxylic acids is 1. The van der Waals surface area contributed by atoms with Crippen molar-refractivity contribution in [1.29, 1.82) is 0 Å². The van der Waals surface area contributed by atoms with Gasteiger partial charge in [-0.1, -0.05) is 19.4 Å². The molecule has 0 saturated carbocycles. The van der Waals surface area contributed by atoms with E-state index in [1.165, 1.54) is 5.56 Å². The van der Waals surface area contributed by atoms with E-state index >= 15 is 0 Å². The number of carbonyl (C=O) groups is 1. The molecule has 0 spiro atoms. The molecule has 1 unspecified atom stereocenters. The van der Waals surface area contributed by atoms with Crippen LogP contribution in [0.15, 0.2) is 30.5 Å². The molecule has 2 heterocycles. The highest BCUT2D eigenvalue weighted by Gasteiger charge is 2.49. The number of hydrogen-bond donors (Lipinski definition) is 0. The molecule has 0 radical (unpaired) electrons. The highest BCUT2D eigenvalue weighted by atomic mass is 16.5. The van der Waals surface area contributed by atoms with E-state index in [0.29, 0.717) is 19.5 Å². The van der Waals surface area contributed by atoms with Crippen LogP contribution < -0.4 is 9.84 Å². The monoisotopic (exact) mass is 370 g/mol. The molecule has 1 aromatic carbocycles. The third-order valence-corrected chi connectivity index (χ3v) is 5.82. The van der Waals surface area contributed by atoms with Gasteiger partial charge in [0.1, 0.15) is 17.8 Å². The average molecular weight is 370 g/mol. The molecule has 0 N–H and O–H groups in total. The number of rotatable bonds is 5. The van der Waals surface area contributed by atoms with Crippen molar-refractivity contribution in [3.63, 3.8) is 0 Å². The number of hydrogen-bond acceptors (Lipinski definition) is 4. The summed E-state index contributed by atoms with van der Waals surface area (Å²) in [5.41, 5.74) is 1.65. The van der Waals surface area contributed by atoms with Gasteiger partial charge in [-0.05, 0) is 57.4 Å². The SMILES string of the molecule is CCCCc1cc(O[C@@H]2CC[N+](C(=O)[O-])(C(C)(C)C)C2)c2ncccc2c1. The summed E-state index contributed by atoms with van der Waals surface area (Å²) in [5.74, 6) is 0.761. The van der Waals surface area contributed by atoms with Crippen LogP contribution in [0, 0.1) is 0 Å². The van der Waals surface area contributed by atoms with Crippen LogP contribution in [0.4, 0.5) is 4.79 Å². The number of carboxylic acid groups (broad SMARTS) is 1. The van der Waals surface area contributed by atoms with Crippen molar-refractivity contribution in [1.82, 2.24) is 4.98 Å². The molecule has 27 heavy (non-hydrogen) atoms. The van der Waals surface area contributed by atoms with Crippen LogP contribution in [-0.2, 0) is 6.42 Å². The predicted molar refractivity (Wildman–Crippen MR) is 105 cm³/mol. The Labute approximate surface area is 161 Å². The summed E-state index contributed by atoms with van der Waals surface area (Å²) in [4.78, 5) is 16.5. The summed E-state index contributed by atoms with van der Waals surface area (Å²) in [6, 6.07) is 8.24. The standard InChI is InChI=1S/C22H30N2O3/c1-5-6-8-16-13-17-9-7-11-23-20(17)19(14-16)27-18-10-12-24(15-18,21(25)26)22(2,3)4/h7,9,11,13-14,18H,5-6,8,10,12,15H2,1-4H3/t18-,24?/m1/s1. The molecule has 2 aromatic rings. The fourth-order valence-electron chi connectivity index (χ4n) is 4.05. The third kappa shape index (κ3) is 3.79. The summed E-state index contributed by atoms with van der Waals surface area (Å²) in [5, 5.41) is 13.0. The topological polar surface area (TPSA) is 62.2 Å². The van der Waals surface area contributed by atoms with E-state index in [0.717, 1.165) is 35.9 Å². The maximum Gasteiger partial charge on any atom is 0.257 e. The second-order valence-corrected chi connectivity index (χ2v) is 8.61. The Morgan fingerprint density at radius 1 is 1.37 bits per heavy atom. The van der Waals surface area contributed by atoms with E-state index in [-0.39, 0.29) is 10.6 Å². The van der Waals surface area contributed by atoms with E-state index in [1.54, 1.807) is 6.20 Å². The number of pyridine rings is 1. The number of amides is 1. The molecule has 1 amide bonds. The molecule has 146 valence electrons. The number of unbranched alkanes of at least 4 members (excludes halogenated alkanes) is 1. The second kappa shape index (κ2) is 7.47. The van der Waals surface area contributed by atoms with Crippen LogP contribution in [0.25, 0.3) is 10.9 Å². The molecule has 1 saturated heterocycles. The first-order valence-corrected chi connectivity index (χ1v) is 9.90. The molecule has 1 aromatic heterocycles. The molecule has 5 heteroatoms. The van der Waals surface area contributed by atoms with Gasteiger partial charge in [-0.25, -0.2) is 0 Å². The zero-order valence-corrected chi connectivity index (χ0v) is 16.8. The van der Waals surface area contributed by atoms with Crippen molar-refractivity contribution in [2.45, 2.75) is 65.0 Å². The first-order chi connectivity index (χ1) is 12.8. The summed E-state index contributed by atoms with van der Waals surface area (Å²) < 4.78 is 6.27. The van der Waals surface area contributed by atoms with E-state index in [4.69, 9.17) is 4.74 Å². The predicted octanol–water partition coefficient (Wildman–Crippen LogP) is 3.69. The molecule has 0 bridgehead atoms. The van der Waals surface area contributed by atoms with Gasteiger partial charge in [0.25, 0.3) is 6.09 Å². The lowest BCUT2D eigenvalue weighted by molar-refractivity contribution is -0.909. The van der Waals surface area contributed by atoms with Crippen molar-refractivity contribution < 1.29 is 19.1 Å². The van der Waals surface area contributed by atoms with Crippen LogP contribution >= 0.6 is 0 Å². The molecule has 1 fully saturated rings. The Hall–Kier alpha value is -2.14. The van der Waals surface area contributed by atoms with Gasteiger partial charge in [0.2, 0.25) is 0 Å². The fourth-order valence-corrected chi connectivity index (χ4v) is 4.05. The number of nitrogens with zero attached hydrogens (tertiary/aromatic N) is 2. The van der Waals surface area contributed by atoms with E-state index in [9.17, 15) is 9.90 Å². The van der Waals surface area contributed by atoms with Gasteiger partial charge in [-0.3, -0.25) is 9.47 Å². The zero-order valence-electron chi connectivity index (χ0n) is 16.8. The summed E-state index contributed by atoms with van der Waals surface area (Å²) in [7, 11) is 0. The van der Waals surface area contributed by atoms with Crippen molar-refractivity contribution in [3.05, 3.63) is 36.0 Å². The lowest BCUT2D eigenvalue weighted by Gasteiger charge is -2.44. The molecule has 1 aliphatic rings. The Kier molecular flexibility index (Phi) is 5.43. The Morgan fingerprint density at radius 2 is 2.15 bits per heavy atom.